The smallest absolute Gasteiger partial charge is 0.255 e. The van der Waals surface area contributed by atoms with Crippen molar-refractivity contribution < 1.29 is 9.59 Å². The number of halogens is 1. The van der Waals surface area contributed by atoms with Gasteiger partial charge in [0, 0.05) is 25.9 Å². The van der Waals surface area contributed by atoms with Gasteiger partial charge in [0.05, 0.1) is 10.6 Å². The molecule has 1 aliphatic carbocycles. The van der Waals surface area contributed by atoms with Gasteiger partial charge in [-0.15, -0.1) is 0 Å². The van der Waals surface area contributed by atoms with Crippen LogP contribution in [0.15, 0.2) is 18.2 Å². The molecule has 0 N–H and O–H groups in total. The van der Waals surface area contributed by atoms with Crippen molar-refractivity contribution in [2.45, 2.75) is 38.6 Å². The van der Waals surface area contributed by atoms with Crippen molar-refractivity contribution in [3.8, 4) is 0 Å². The van der Waals surface area contributed by atoms with Crippen LogP contribution in [-0.4, -0.2) is 29.7 Å². The lowest BCUT2D eigenvalue weighted by Gasteiger charge is -2.31. The third kappa shape index (κ3) is 2.98. The predicted molar refractivity (Wildman–Crippen MR) is 75.5 cm³/mol. The lowest BCUT2D eigenvalue weighted by Crippen LogP contribution is -2.39. The lowest BCUT2D eigenvalue weighted by atomic mass is 9.93. The number of carbonyl (C=O) groups is 2. The summed E-state index contributed by atoms with van der Waals surface area (Å²) in [5.41, 5.74) is 1.45. The Hall–Kier alpha value is -1.35. The Morgan fingerprint density at radius 2 is 1.95 bits per heavy atom. The number of aryl methyl sites for hydroxylation is 1. The van der Waals surface area contributed by atoms with Crippen molar-refractivity contribution in [3.05, 3.63) is 34.3 Å². The van der Waals surface area contributed by atoms with Crippen molar-refractivity contribution in [2.75, 3.05) is 7.05 Å². The van der Waals surface area contributed by atoms with E-state index in [-0.39, 0.29) is 11.9 Å². The summed E-state index contributed by atoms with van der Waals surface area (Å²) in [6.07, 6.45) is 2.66. The van der Waals surface area contributed by atoms with Crippen molar-refractivity contribution in [1.29, 1.82) is 0 Å². The van der Waals surface area contributed by atoms with Crippen molar-refractivity contribution >= 4 is 23.3 Å². The zero-order valence-electron chi connectivity index (χ0n) is 11.3. The highest BCUT2D eigenvalue weighted by Crippen LogP contribution is 2.25. The number of amides is 1. The van der Waals surface area contributed by atoms with Crippen LogP contribution in [0, 0.1) is 6.92 Å². The maximum atomic E-state index is 12.5. The van der Waals surface area contributed by atoms with Crippen LogP contribution < -0.4 is 0 Å². The maximum Gasteiger partial charge on any atom is 0.255 e. The molecule has 0 bridgehead atoms. The standard InChI is InChI=1S/C15H18ClNO2/c1-10-4-3-5-13(14(10)16)15(19)17(2)11-6-8-12(18)9-7-11/h3-5,11H,6-9H2,1-2H3. The number of benzene rings is 1. The molecule has 0 aromatic heterocycles. The van der Waals surface area contributed by atoms with E-state index in [1.165, 1.54) is 0 Å². The normalized spacial score (nSPS) is 16.5. The first-order chi connectivity index (χ1) is 9.00. The van der Waals surface area contributed by atoms with Gasteiger partial charge < -0.3 is 4.90 Å². The topological polar surface area (TPSA) is 37.4 Å². The number of ketones is 1. The SMILES string of the molecule is Cc1cccc(C(=O)N(C)C2CCC(=O)CC2)c1Cl. The summed E-state index contributed by atoms with van der Waals surface area (Å²) in [5.74, 6) is 0.235. The van der Waals surface area contributed by atoms with Gasteiger partial charge in [0.2, 0.25) is 0 Å². The number of rotatable bonds is 2. The Kier molecular flexibility index (Phi) is 4.25. The van der Waals surface area contributed by atoms with E-state index in [0.717, 1.165) is 18.4 Å². The molecule has 1 amide bonds. The molecule has 1 saturated carbocycles. The van der Waals surface area contributed by atoms with Crippen molar-refractivity contribution in [2.24, 2.45) is 0 Å². The Labute approximate surface area is 118 Å². The van der Waals surface area contributed by atoms with Crippen LogP contribution in [0.4, 0.5) is 0 Å². The van der Waals surface area contributed by atoms with E-state index in [2.05, 4.69) is 0 Å². The molecule has 0 heterocycles. The molecule has 19 heavy (non-hydrogen) atoms. The van der Waals surface area contributed by atoms with Crippen LogP contribution >= 0.6 is 11.6 Å². The van der Waals surface area contributed by atoms with Gasteiger partial charge in [-0.25, -0.2) is 0 Å². The molecule has 0 unspecified atom stereocenters. The minimum atomic E-state index is -0.0620. The van der Waals surface area contributed by atoms with Gasteiger partial charge in [-0.2, -0.15) is 0 Å². The first kappa shape index (κ1) is 14.1. The minimum Gasteiger partial charge on any atom is -0.339 e. The first-order valence-electron chi connectivity index (χ1n) is 6.54. The fraction of sp³-hybridized carbons (Fsp3) is 0.467. The van der Waals surface area contributed by atoms with Crippen LogP contribution in [0.1, 0.15) is 41.6 Å². The second-order valence-corrected chi connectivity index (χ2v) is 5.50. The van der Waals surface area contributed by atoms with Crippen LogP contribution in [0.5, 0.6) is 0 Å². The monoisotopic (exact) mass is 279 g/mol. The Bertz CT molecular complexity index is 503. The molecule has 0 aliphatic heterocycles. The van der Waals surface area contributed by atoms with Crippen LogP contribution in [0.3, 0.4) is 0 Å². The van der Waals surface area contributed by atoms with Gasteiger partial charge in [-0.1, -0.05) is 23.7 Å². The number of Topliss-reactive ketones (excluding diaryl/α,β-unsaturated/α-hetero) is 1. The molecule has 1 aliphatic rings. The van der Waals surface area contributed by atoms with E-state index in [1.807, 2.05) is 19.1 Å². The molecule has 2 rings (SSSR count). The minimum absolute atomic E-state index is 0.0620. The highest BCUT2D eigenvalue weighted by atomic mass is 35.5. The van der Waals surface area contributed by atoms with E-state index < -0.39 is 0 Å². The van der Waals surface area contributed by atoms with Gasteiger partial charge in [0.1, 0.15) is 5.78 Å². The second kappa shape index (κ2) is 5.74. The fourth-order valence-corrected chi connectivity index (χ4v) is 2.69. The molecule has 0 saturated heterocycles. The average Bonchev–Trinajstić information content (AvgIpc) is 2.41. The summed E-state index contributed by atoms with van der Waals surface area (Å²) in [4.78, 5) is 25.4. The highest BCUT2D eigenvalue weighted by molar-refractivity contribution is 6.34. The summed E-state index contributed by atoms with van der Waals surface area (Å²) < 4.78 is 0. The average molecular weight is 280 g/mol. The van der Waals surface area contributed by atoms with Gasteiger partial charge in [-0.3, -0.25) is 9.59 Å². The summed E-state index contributed by atoms with van der Waals surface area (Å²) in [6, 6.07) is 5.62. The van der Waals surface area contributed by atoms with Gasteiger partial charge >= 0.3 is 0 Å². The summed E-state index contributed by atoms with van der Waals surface area (Å²) >= 11 is 6.19. The molecule has 0 spiro atoms. The maximum absolute atomic E-state index is 12.5. The third-order valence-corrected chi connectivity index (χ3v) is 4.30. The lowest BCUT2D eigenvalue weighted by molar-refractivity contribution is -0.121. The van der Waals surface area contributed by atoms with E-state index >= 15 is 0 Å². The third-order valence-electron chi connectivity index (χ3n) is 3.80. The number of nitrogens with zero attached hydrogens (tertiary/aromatic N) is 1. The van der Waals surface area contributed by atoms with E-state index in [4.69, 9.17) is 11.6 Å². The summed E-state index contributed by atoms with van der Waals surface area (Å²) in [6.45, 7) is 1.89. The molecular formula is C15H18ClNO2. The van der Waals surface area contributed by atoms with Crippen molar-refractivity contribution in [1.82, 2.24) is 4.90 Å². The van der Waals surface area contributed by atoms with Gasteiger partial charge in [0.15, 0.2) is 0 Å². The van der Waals surface area contributed by atoms with Crippen LogP contribution in [-0.2, 0) is 4.79 Å². The molecule has 4 heteroatoms. The Morgan fingerprint density at radius 3 is 2.58 bits per heavy atom. The number of carbonyl (C=O) groups excluding carboxylic acids is 2. The number of hydrogen-bond donors (Lipinski definition) is 0. The Morgan fingerprint density at radius 1 is 1.32 bits per heavy atom. The summed E-state index contributed by atoms with van der Waals surface area (Å²) in [7, 11) is 1.79. The van der Waals surface area contributed by atoms with Gasteiger partial charge in [0.25, 0.3) is 5.91 Å². The van der Waals surface area contributed by atoms with Crippen LogP contribution in [0.2, 0.25) is 5.02 Å². The molecule has 1 fully saturated rings. The molecule has 1 aromatic rings. The zero-order valence-corrected chi connectivity index (χ0v) is 12.0. The van der Waals surface area contributed by atoms with E-state index in [0.29, 0.717) is 29.2 Å². The Balaban J connectivity index is 2.15. The highest BCUT2D eigenvalue weighted by Gasteiger charge is 2.26. The number of hydrogen-bond acceptors (Lipinski definition) is 2. The first-order valence-corrected chi connectivity index (χ1v) is 6.92. The second-order valence-electron chi connectivity index (χ2n) is 5.12. The zero-order chi connectivity index (χ0) is 14.0. The van der Waals surface area contributed by atoms with Crippen molar-refractivity contribution in [3.63, 3.8) is 0 Å². The molecule has 3 nitrogen and oxygen atoms in total. The molecule has 102 valence electrons. The molecule has 0 radical (unpaired) electrons. The van der Waals surface area contributed by atoms with Crippen LogP contribution in [0.25, 0.3) is 0 Å². The molecular weight excluding hydrogens is 262 g/mol. The summed E-state index contributed by atoms with van der Waals surface area (Å²) in [5, 5.41) is 0.520. The molecule has 0 atom stereocenters. The fourth-order valence-electron chi connectivity index (χ4n) is 2.48. The quantitative estimate of drug-likeness (QED) is 0.833. The van der Waals surface area contributed by atoms with E-state index in [1.54, 1.807) is 18.0 Å². The largest absolute Gasteiger partial charge is 0.339 e. The molecule has 1 aromatic carbocycles. The van der Waals surface area contributed by atoms with Gasteiger partial charge in [-0.05, 0) is 31.4 Å². The predicted octanol–water partition coefficient (Wildman–Crippen LogP) is 3.23. The van der Waals surface area contributed by atoms with E-state index in [9.17, 15) is 9.59 Å².